The molecule has 0 unspecified atom stereocenters. The molecule has 248 valence electrons. The monoisotopic (exact) mass is 677 g/mol. The van der Waals surface area contributed by atoms with Gasteiger partial charge in [0.1, 0.15) is 22.3 Å². The molecule has 0 N–H and O–H groups in total. The molecule has 53 heavy (non-hydrogen) atoms. The summed E-state index contributed by atoms with van der Waals surface area (Å²) in [5.41, 5.74) is 11.1. The van der Waals surface area contributed by atoms with Crippen LogP contribution in [0.4, 0.5) is 17.1 Å². The predicted octanol–water partition coefficient (Wildman–Crippen LogP) is 14.6. The second kappa shape index (κ2) is 11.7. The Balaban J connectivity index is 1.17. The second-order valence-electron chi connectivity index (χ2n) is 13.6. The Labute approximate surface area is 305 Å². The zero-order chi connectivity index (χ0) is 34.9. The van der Waals surface area contributed by atoms with Crippen LogP contribution in [0.5, 0.6) is 0 Å². The Bertz CT molecular complexity index is 3180. The lowest BCUT2D eigenvalue weighted by atomic mass is 9.97. The molecule has 0 aliphatic carbocycles. The van der Waals surface area contributed by atoms with Crippen molar-refractivity contribution in [1.29, 1.82) is 0 Å². The van der Waals surface area contributed by atoms with Crippen molar-refractivity contribution in [2.75, 3.05) is 4.90 Å². The van der Waals surface area contributed by atoms with Gasteiger partial charge < -0.3 is 13.7 Å². The third-order valence-electron chi connectivity index (χ3n) is 10.7. The van der Waals surface area contributed by atoms with Crippen LogP contribution in [0, 0.1) is 0 Å². The van der Waals surface area contributed by atoms with Crippen molar-refractivity contribution in [3.63, 3.8) is 0 Å². The number of para-hydroxylation sites is 3. The van der Waals surface area contributed by atoms with E-state index in [1.807, 2.05) is 12.1 Å². The quantitative estimate of drug-likeness (QED) is 0.182. The van der Waals surface area contributed by atoms with Gasteiger partial charge in [0.2, 0.25) is 0 Å². The van der Waals surface area contributed by atoms with E-state index < -0.39 is 0 Å². The molecule has 0 saturated carbocycles. The SMILES string of the molecule is c1ccc(N(c2ccc(-c3cccc4ccccc34)cc2)c2cccc3oc4c5ccccc5ccc4c23)c(-c2cccc3c2oc2ccccc23)c1. The Morgan fingerprint density at radius 2 is 0.906 bits per heavy atom. The number of nitrogens with zero attached hydrogens (tertiary/aromatic N) is 1. The molecule has 0 aliphatic heterocycles. The lowest BCUT2D eigenvalue weighted by Crippen LogP contribution is -2.11. The number of hydrogen-bond acceptors (Lipinski definition) is 3. The normalized spacial score (nSPS) is 11.8. The van der Waals surface area contributed by atoms with Crippen LogP contribution in [0.2, 0.25) is 0 Å². The molecule has 0 atom stereocenters. The maximum atomic E-state index is 6.71. The summed E-state index contributed by atoms with van der Waals surface area (Å²) in [5, 5.41) is 9.12. The zero-order valence-corrected chi connectivity index (χ0v) is 28.7. The zero-order valence-electron chi connectivity index (χ0n) is 28.7. The first-order valence-electron chi connectivity index (χ1n) is 18.0. The second-order valence-corrected chi connectivity index (χ2v) is 13.6. The minimum atomic E-state index is 0.850. The molecule has 0 amide bonds. The number of furan rings is 2. The highest BCUT2D eigenvalue weighted by atomic mass is 16.3. The van der Waals surface area contributed by atoms with Crippen LogP contribution in [0.25, 0.3) is 87.7 Å². The largest absolute Gasteiger partial charge is 0.455 e. The Kier molecular flexibility index (Phi) is 6.55. The Morgan fingerprint density at radius 1 is 0.321 bits per heavy atom. The van der Waals surface area contributed by atoms with E-state index in [1.165, 1.54) is 21.9 Å². The molecule has 11 aromatic rings. The molecule has 2 aromatic heterocycles. The van der Waals surface area contributed by atoms with E-state index in [2.05, 4.69) is 181 Å². The van der Waals surface area contributed by atoms with Crippen LogP contribution in [0.15, 0.2) is 197 Å². The summed E-state index contributed by atoms with van der Waals surface area (Å²) in [5.74, 6) is 0. The van der Waals surface area contributed by atoms with Gasteiger partial charge in [-0.05, 0) is 69.8 Å². The van der Waals surface area contributed by atoms with Gasteiger partial charge in [-0.15, -0.1) is 0 Å². The van der Waals surface area contributed by atoms with Crippen molar-refractivity contribution < 1.29 is 8.83 Å². The molecule has 3 heteroatoms. The summed E-state index contributed by atoms with van der Waals surface area (Å²) in [6, 6.07) is 66.7. The Morgan fingerprint density at radius 3 is 1.79 bits per heavy atom. The van der Waals surface area contributed by atoms with Gasteiger partial charge >= 0.3 is 0 Å². The number of rotatable bonds is 5. The number of fused-ring (bicyclic) bond motifs is 9. The van der Waals surface area contributed by atoms with E-state index in [-0.39, 0.29) is 0 Å². The van der Waals surface area contributed by atoms with Gasteiger partial charge in [-0.1, -0.05) is 146 Å². The van der Waals surface area contributed by atoms with E-state index in [4.69, 9.17) is 8.83 Å². The summed E-state index contributed by atoms with van der Waals surface area (Å²) < 4.78 is 13.3. The highest BCUT2D eigenvalue weighted by Gasteiger charge is 2.24. The number of anilines is 3. The lowest BCUT2D eigenvalue weighted by molar-refractivity contribution is 0.670. The predicted molar refractivity (Wildman–Crippen MR) is 222 cm³/mol. The maximum absolute atomic E-state index is 6.71. The fraction of sp³-hybridized carbons (Fsp3) is 0. The van der Waals surface area contributed by atoms with Crippen LogP contribution in [0.3, 0.4) is 0 Å². The summed E-state index contributed by atoms with van der Waals surface area (Å²) in [7, 11) is 0. The maximum Gasteiger partial charge on any atom is 0.143 e. The van der Waals surface area contributed by atoms with Gasteiger partial charge in [-0.2, -0.15) is 0 Å². The van der Waals surface area contributed by atoms with Crippen molar-refractivity contribution in [3.05, 3.63) is 188 Å². The van der Waals surface area contributed by atoms with Crippen molar-refractivity contribution in [3.8, 4) is 22.3 Å². The van der Waals surface area contributed by atoms with Crippen LogP contribution in [-0.4, -0.2) is 0 Å². The lowest BCUT2D eigenvalue weighted by Gasteiger charge is -2.28. The molecule has 0 aliphatic rings. The molecular formula is C50H31NO2. The molecule has 0 radical (unpaired) electrons. The summed E-state index contributed by atoms with van der Waals surface area (Å²) in [6.45, 7) is 0. The minimum Gasteiger partial charge on any atom is -0.455 e. The molecule has 0 fully saturated rings. The van der Waals surface area contributed by atoms with Crippen molar-refractivity contribution in [2.45, 2.75) is 0 Å². The average molecular weight is 678 g/mol. The molecular weight excluding hydrogens is 647 g/mol. The molecule has 0 bridgehead atoms. The topological polar surface area (TPSA) is 29.5 Å². The number of hydrogen-bond donors (Lipinski definition) is 0. The van der Waals surface area contributed by atoms with Gasteiger partial charge in [0.05, 0.1) is 16.8 Å². The van der Waals surface area contributed by atoms with Gasteiger partial charge in [0.25, 0.3) is 0 Å². The molecule has 9 aromatic carbocycles. The first-order valence-corrected chi connectivity index (χ1v) is 18.0. The third kappa shape index (κ3) is 4.61. The standard InChI is InChI=1S/C50H31NO2/c1-3-15-36-32(12-1)14-9-19-37(36)34-26-29-35(30-27-34)51(45-23-11-25-47-48(45)43-31-28-33-13-2-4-16-38(33)49(43)53-47)44-22-7-5-17-39(44)41-20-10-21-42-40-18-6-8-24-46(40)52-50(41)42/h1-31H. The molecule has 0 saturated heterocycles. The molecule has 2 heterocycles. The van der Waals surface area contributed by atoms with E-state index in [1.54, 1.807) is 0 Å². The minimum absolute atomic E-state index is 0.850. The van der Waals surface area contributed by atoms with Gasteiger partial charge in [0.15, 0.2) is 0 Å². The molecule has 3 nitrogen and oxygen atoms in total. The van der Waals surface area contributed by atoms with Crippen molar-refractivity contribution in [1.82, 2.24) is 0 Å². The molecule has 11 rings (SSSR count). The highest BCUT2D eigenvalue weighted by Crippen LogP contribution is 2.48. The van der Waals surface area contributed by atoms with Crippen molar-refractivity contribution in [2.24, 2.45) is 0 Å². The van der Waals surface area contributed by atoms with Gasteiger partial charge in [-0.3, -0.25) is 0 Å². The molecule has 0 spiro atoms. The smallest absolute Gasteiger partial charge is 0.143 e. The third-order valence-corrected chi connectivity index (χ3v) is 10.7. The van der Waals surface area contributed by atoms with Crippen LogP contribution >= 0.6 is 0 Å². The first-order chi connectivity index (χ1) is 26.3. The first kappa shape index (κ1) is 29.6. The van der Waals surface area contributed by atoms with E-state index in [0.29, 0.717) is 0 Å². The number of benzene rings is 9. The fourth-order valence-electron chi connectivity index (χ4n) is 8.25. The van der Waals surface area contributed by atoms with Crippen molar-refractivity contribution >= 4 is 82.5 Å². The van der Waals surface area contributed by atoms with Crippen LogP contribution in [0.1, 0.15) is 0 Å². The van der Waals surface area contributed by atoms with E-state index in [0.717, 1.165) is 82.8 Å². The fourth-order valence-corrected chi connectivity index (χ4v) is 8.25. The van der Waals surface area contributed by atoms with E-state index in [9.17, 15) is 0 Å². The van der Waals surface area contributed by atoms with E-state index >= 15 is 0 Å². The summed E-state index contributed by atoms with van der Waals surface area (Å²) in [4.78, 5) is 2.39. The van der Waals surface area contributed by atoms with Crippen LogP contribution in [-0.2, 0) is 0 Å². The van der Waals surface area contributed by atoms with Crippen LogP contribution < -0.4 is 4.90 Å². The van der Waals surface area contributed by atoms with Gasteiger partial charge in [0, 0.05) is 38.4 Å². The summed E-state index contributed by atoms with van der Waals surface area (Å²) in [6.07, 6.45) is 0. The highest BCUT2D eigenvalue weighted by molar-refractivity contribution is 6.20. The summed E-state index contributed by atoms with van der Waals surface area (Å²) >= 11 is 0. The average Bonchev–Trinajstić information content (AvgIpc) is 3.81. The van der Waals surface area contributed by atoms with Gasteiger partial charge in [-0.25, -0.2) is 0 Å². The Hall–Kier alpha value is -7.10.